The molecule has 3 aromatic carbocycles. The molecule has 1 aliphatic heterocycles. The van der Waals surface area contributed by atoms with Gasteiger partial charge < -0.3 is 5.32 Å². The van der Waals surface area contributed by atoms with Gasteiger partial charge in [0.05, 0.1) is 0 Å². The van der Waals surface area contributed by atoms with Gasteiger partial charge in [0.1, 0.15) is 6.04 Å². The molecule has 26 heavy (non-hydrogen) atoms. The zero-order valence-corrected chi connectivity index (χ0v) is 14.9. The summed E-state index contributed by atoms with van der Waals surface area (Å²) < 4.78 is 42.6. The number of nitrogens with one attached hydrogen (secondary N) is 1. The molecule has 0 unspecified atom stereocenters. The zero-order chi connectivity index (χ0) is 17.4. The molecule has 0 radical (unpaired) electrons. The van der Waals surface area contributed by atoms with Crippen molar-refractivity contribution in [3.63, 3.8) is 0 Å². The third-order valence-electron chi connectivity index (χ3n) is 4.91. The fraction of sp³-hybridized carbons (Fsp3) is 0.300. The van der Waals surface area contributed by atoms with E-state index in [4.69, 9.17) is 0 Å². The summed E-state index contributed by atoms with van der Waals surface area (Å²) in [6.45, 7) is 1.94. The highest BCUT2D eigenvalue weighted by Crippen LogP contribution is 2.44. The summed E-state index contributed by atoms with van der Waals surface area (Å²) in [5.41, 5.74) is 0.378. The molecule has 1 atom stereocenters. The molecule has 1 fully saturated rings. The first-order valence-corrected chi connectivity index (χ1v) is 8.47. The Hall–Kier alpha value is -1.82. The second-order valence-corrected chi connectivity index (χ2v) is 6.46. The van der Waals surface area contributed by atoms with Gasteiger partial charge in [0.15, 0.2) is 0 Å². The van der Waals surface area contributed by atoms with Crippen LogP contribution in [0.25, 0.3) is 21.5 Å². The van der Waals surface area contributed by atoms with Crippen molar-refractivity contribution in [3.05, 3.63) is 60.2 Å². The average Bonchev–Trinajstić information content (AvgIpc) is 2.61. The smallest absolute Gasteiger partial charge is 0.314 e. The van der Waals surface area contributed by atoms with Crippen LogP contribution in [0.2, 0.25) is 0 Å². The van der Waals surface area contributed by atoms with E-state index in [0.29, 0.717) is 42.5 Å². The van der Waals surface area contributed by atoms with Crippen molar-refractivity contribution in [2.24, 2.45) is 0 Å². The molecule has 2 nitrogen and oxygen atoms in total. The van der Waals surface area contributed by atoms with E-state index in [2.05, 4.69) is 5.32 Å². The number of halogens is 4. The quantitative estimate of drug-likeness (QED) is 0.634. The van der Waals surface area contributed by atoms with Crippen molar-refractivity contribution in [2.45, 2.75) is 12.2 Å². The van der Waals surface area contributed by atoms with E-state index in [0.717, 1.165) is 10.8 Å². The lowest BCUT2D eigenvalue weighted by molar-refractivity contribution is -0.187. The summed E-state index contributed by atoms with van der Waals surface area (Å²) in [4.78, 5) is 1.56. The molecule has 0 bridgehead atoms. The lowest BCUT2D eigenvalue weighted by Gasteiger charge is -2.37. The number of rotatable bonds is 2. The topological polar surface area (TPSA) is 15.3 Å². The van der Waals surface area contributed by atoms with Gasteiger partial charge in [-0.15, -0.1) is 12.4 Å². The van der Waals surface area contributed by atoms with Crippen LogP contribution < -0.4 is 5.32 Å². The van der Waals surface area contributed by atoms with Crippen LogP contribution in [-0.4, -0.2) is 37.3 Å². The minimum absolute atomic E-state index is 0. The summed E-state index contributed by atoms with van der Waals surface area (Å²) in [5, 5.41) is 6.20. The molecule has 0 aliphatic carbocycles. The molecule has 6 heteroatoms. The van der Waals surface area contributed by atoms with Gasteiger partial charge in [0.2, 0.25) is 0 Å². The maximum absolute atomic E-state index is 14.2. The SMILES string of the molecule is Cl.FC(F)(F)[C@H](c1c2ccccc2cc2ccccc12)N1CCNCC1. The van der Waals surface area contributed by atoms with Gasteiger partial charge in [0, 0.05) is 26.2 Å². The molecular weight excluding hydrogens is 361 g/mol. The van der Waals surface area contributed by atoms with Crippen molar-refractivity contribution in [1.82, 2.24) is 10.2 Å². The van der Waals surface area contributed by atoms with Crippen LogP contribution in [0.4, 0.5) is 13.2 Å². The van der Waals surface area contributed by atoms with Crippen molar-refractivity contribution < 1.29 is 13.2 Å². The zero-order valence-electron chi connectivity index (χ0n) is 14.1. The van der Waals surface area contributed by atoms with Gasteiger partial charge in [-0.25, -0.2) is 0 Å². The van der Waals surface area contributed by atoms with E-state index in [1.165, 1.54) is 0 Å². The van der Waals surface area contributed by atoms with E-state index in [1.54, 1.807) is 17.0 Å². The summed E-state index contributed by atoms with van der Waals surface area (Å²) >= 11 is 0. The number of piperazine rings is 1. The number of hydrogen-bond donors (Lipinski definition) is 1. The van der Waals surface area contributed by atoms with Crippen LogP contribution in [-0.2, 0) is 0 Å². The fourth-order valence-electron chi connectivity index (χ4n) is 3.84. The Labute approximate surface area is 156 Å². The van der Waals surface area contributed by atoms with E-state index in [1.807, 2.05) is 42.5 Å². The number of benzene rings is 3. The molecule has 4 rings (SSSR count). The average molecular weight is 381 g/mol. The Morgan fingerprint density at radius 1 is 0.846 bits per heavy atom. The van der Waals surface area contributed by atoms with Crippen LogP contribution in [0.5, 0.6) is 0 Å². The first-order chi connectivity index (χ1) is 12.1. The van der Waals surface area contributed by atoms with Crippen LogP contribution in [0, 0.1) is 0 Å². The predicted molar refractivity (Wildman–Crippen MR) is 102 cm³/mol. The molecule has 138 valence electrons. The molecular formula is C20H20ClF3N2. The van der Waals surface area contributed by atoms with Gasteiger partial charge in [-0.2, -0.15) is 13.2 Å². The molecule has 3 aromatic rings. The van der Waals surface area contributed by atoms with Crippen molar-refractivity contribution >= 4 is 34.0 Å². The van der Waals surface area contributed by atoms with Gasteiger partial charge in [-0.1, -0.05) is 48.5 Å². The van der Waals surface area contributed by atoms with Crippen molar-refractivity contribution in [3.8, 4) is 0 Å². The summed E-state index contributed by atoms with van der Waals surface area (Å²) in [6.07, 6.45) is -4.33. The normalized spacial score (nSPS) is 17.2. The first-order valence-electron chi connectivity index (χ1n) is 8.47. The van der Waals surface area contributed by atoms with Gasteiger partial charge in [-0.3, -0.25) is 4.90 Å². The second-order valence-electron chi connectivity index (χ2n) is 6.46. The van der Waals surface area contributed by atoms with Crippen molar-refractivity contribution in [2.75, 3.05) is 26.2 Å². The third-order valence-corrected chi connectivity index (χ3v) is 4.91. The molecule has 1 aliphatic rings. The first kappa shape index (κ1) is 19.0. The Bertz CT molecular complexity index is 850. The Morgan fingerprint density at radius 2 is 1.35 bits per heavy atom. The predicted octanol–water partition coefficient (Wildman–Crippen LogP) is 4.92. The molecule has 0 spiro atoms. The summed E-state index contributed by atoms with van der Waals surface area (Å²) in [6, 6.07) is 15.1. The second kappa shape index (κ2) is 7.43. The van der Waals surface area contributed by atoms with Gasteiger partial charge in [0.25, 0.3) is 0 Å². The third kappa shape index (κ3) is 3.39. The van der Waals surface area contributed by atoms with Gasteiger partial charge >= 0.3 is 6.18 Å². The minimum Gasteiger partial charge on any atom is -0.314 e. The number of hydrogen-bond acceptors (Lipinski definition) is 2. The van der Waals surface area contributed by atoms with E-state index in [9.17, 15) is 13.2 Å². The number of nitrogens with zero attached hydrogens (tertiary/aromatic N) is 1. The van der Waals surface area contributed by atoms with Crippen LogP contribution in [0.3, 0.4) is 0 Å². The molecule has 1 heterocycles. The fourth-order valence-corrected chi connectivity index (χ4v) is 3.84. The highest BCUT2D eigenvalue weighted by Gasteiger charge is 2.46. The van der Waals surface area contributed by atoms with E-state index >= 15 is 0 Å². The Morgan fingerprint density at radius 3 is 1.85 bits per heavy atom. The minimum atomic E-state index is -4.33. The maximum atomic E-state index is 14.2. The van der Waals surface area contributed by atoms with Crippen LogP contribution in [0.1, 0.15) is 11.6 Å². The highest BCUT2D eigenvalue weighted by molar-refractivity contribution is 6.02. The number of alkyl halides is 3. The number of fused-ring (bicyclic) bond motifs is 2. The molecule has 0 saturated carbocycles. The van der Waals surface area contributed by atoms with Gasteiger partial charge in [-0.05, 0) is 33.2 Å². The Balaban J connectivity index is 0.00000196. The van der Waals surface area contributed by atoms with Crippen molar-refractivity contribution in [1.29, 1.82) is 0 Å². The summed E-state index contributed by atoms with van der Waals surface area (Å²) in [5.74, 6) is 0. The molecule has 0 amide bonds. The highest BCUT2D eigenvalue weighted by atomic mass is 35.5. The van der Waals surface area contributed by atoms with Crippen LogP contribution >= 0.6 is 12.4 Å². The Kier molecular flexibility index (Phi) is 5.42. The lowest BCUT2D eigenvalue weighted by atomic mass is 9.91. The largest absolute Gasteiger partial charge is 0.408 e. The standard InChI is InChI=1S/C20H19F3N2.ClH/c21-20(22,23)19(25-11-9-24-10-12-25)18-16-7-3-1-5-14(16)13-15-6-2-4-8-17(15)18;/h1-8,13,19,24H,9-12H2;1H/t19-;/m0./s1. The summed E-state index contributed by atoms with van der Waals surface area (Å²) in [7, 11) is 0. The lowest BCUT2D eigenvalue weighted by Crippen LogP contribution is -2.49. The van der Waals surface area contributed by atoms with E-state index < -0.39 is 12.2 Å². The molecule has 0 aromatic heterocycles. The van der Waals surface area contributed by atoms with Crippen LogP contribution in [0.15, 0.2) is 54.6 Å². The monoisotopic (exact) mass is 380 g/mol. The molecule has 1 saturated heterocycles. The van der Waals surface area contributed by atoms with E-state index in [-0.39, 0.29) is 12.4 Å². The molecule has 1 N–H and O–H groups in total. The maximum Gasteiger partial charge on any atom is 0.408 e.